The highest BCUT2D eigenvalue weighted by Crippen LogP contribution is 2.32. The van der Waals surface area contributed by atoms with E-state index in [1.807, 2.05) is 22.8 Å². The highest BCUT2D eigenvalue weighted by Gasteiger charge is 2.28. The molecule has 35 heavy (non-hydrogen) atoms. The molecule has 0 saturated heterocycles. The van der Waals surface area contributed by atoms with Crippen molar-refractivity contribution >= 4 is 11.6 Å². The normalized spacial score (nSPS) is 13.6. The molecule has 0 bridgehead atoms. The number of benzene rings is 1. The quantitative estimate of drug-likeness (QED) is 0.396. The van der Waals surface area contributed by atoms with Crippen LogP contribution in [0.1, 0.15) is 29.0 Å². The summed E-state index contributed by atoms with van der Waals surface area (Å²) in [6.45, 7) is 0.877. The van der Waals surface area contributed by atoms with Crippen molar-refractivity contribution in [3.63, 3.8) is 0 Å². The van der Waals surface area contributed by atoms with Gasteiger partial charge in [-0.15, -0.1) is 10.2 Å². The van der Waals surface area contributed by atoms with E-state index in [1.165, 1.54) is 31.3 Å². The lowest BCUT2D eigenvalue weighted by atomic mass is 10.1. The first-order valence-corrected chi connectivity index (χ1v) is 11.1. The molecule has 0 radical (unpaired) electrons. The smallest absolute Gasteiger partial charge is 0.321 e. The fourth-order valence-corrected chi connectivity index (χ4v) is 3.76. The Morgan fingerprint density at radius 3 is 2.63 bits per heavy atom. The van der Waals surface area contributed by atoms with Crippen molar-refractivity contribution < 1.29 is 18.0 Å². The lowest BCUT2D eigenvalue weighted by molar-refractivity contribution is -0.127. The van der Waals surface area contributed by atoms with Crippen molar-refractivity contribution in [3.8, 4) is 22.5 Å². The van der Waals surface area contributed by atoms with Gasteiger partial charge in [-0.2, -0.15) is 13.2 Å². The predicted molar refractivity (Wildman–Crippen MR) is 123 cm³/mol. The summed E-state index contributed by atoms with van der Waals surface area (Å²) in [6.07, 6.45) is 1.58. The van der Waals surface area contributed by atoms with Crippen LogP contribution in [0.4, 0.5) is 18.9 Å². The molecule has 3 heterocycles. The molecule has 7 nitrogen and oxygen atoms in total. The number of halogens is 3. The van der Waals surface area contributed by atoms with Gasteiger partial charge in [0, 0.05) is 41.4 Å². The number of aromatic nitrogens is 5. The number of pyridine rings is 2. The Kier molecular flexibility index (Phi) is 6.02. The summed E-state index contributed by atoms with van der Waals surface area (Å²) >= 11 is 0. The van der Waals surface area contributed by atoms with Gasteiger partial charge in [0.2, 0.25) is 0 Å². The molecule has 1 saturated carbocycles. The Bertz CT molecular complexity index is 1350. The van der Waals surface area contributed by atoms with Gasteiger partial charge in [0.15, 0.2) is 5.82 Å². The first kappa shape index (κ1) is 22.7. The predicted octanol–water partition coefficient (Wildman–Crippen LogP) is 5.17. The van der Waals surface area contributed by atoms with Crippen LogP contribution in [0.2, 0.25) is 0 Å². The molecule has 1 fully saturated rings. The van der Waals surface area contributed by atoms with E-state index in [1.54, 1.807) is 30.6 Å². The highest BCUT2D eigenvalue weighted by atomic mass is 19.4. The Labute approximate surface area is 199 Å². The molecule has 1 amide bonds. The number of alkyl halides is 3. The zero-order chi connectivity index (χ0) is 24.4. The van der Waals surface area contributed by atoms with Gasteiger partial charge in [0.25, 0.3) is 5.91 Å². The molecule has 0 aliphatic heterocycles. The SMILES string of the molecule is O=C(Nc1cccc(-c2nncn2CC2CC2)c1)c1cc(-c2ccc(CC(F)(F)F)nc2)ccn1. The maximum atomic E-state index is 12.9. The van der Waals surface area contributed by atoms with Gasteiger partial charge >= 0.3 is 6.18 Å². The zero-order valence-corrected chi connectivity index (χ0v) is 18.5. The van der Waals surface area contributed by atoms with Crippen molar-refractivity contribution in [1.82, 2.24) is 24.7 Å². The minimum absolute atomic E-state index is 0.0684. The van der Waals surface area contributed by atoms with E-state index in [4.69, 9.17) is 0 Å². The van der Waals surface area contributed by atoms with Crippen LogP contribution in [-0.2, 0) is 13.0 Å². The Morgan fingerprint density at radius 2 is 1.89 bits per heavy atom. The van der Waals surface area contributed by atoms with Gasteiger partial charge in [-0.3, -0.25) is 14.8 Å². The van der Waals surface area contributed by atoms with Gasteiger partial charge in [0.05, 0.1) is 6.42 Å². The number of amides is 1. The number of hydrogen-bond acceptors (Lipinski definition) is 5. The van der Waals surface area contributed by atoms with Crippen LogP contribution in [0.15, 0.2) is 67.3 Å². The van der Waals surface area contributed by atoms with Crippen molar-refractivity contribution in [2.45, 2.75) is 32.0 Å². The van der Waals surface area contributed by atoms with Crippen molar-refractivity contribution in [1.29, 1.82) is 0 Å². The van der Waals surface area contributed by atoms with Crippen LogP contribution < -0.4 is 5.32 Å². The minimum atomic E-state index is -4.32. The summed E-state index contributed by atoms with van der Waals surface area (Å²) in [5.41, 5.74) is 2.74. The summed E-state index contributed by atoms with van der Waals surface area (Å²) in [7, 11) is 0. The van der Waals surface area contributed by atoms with E-state index in [0.29, 0.717) is 22.7 Å². The van der Waals surface area contributed by atoms with Crippen LogP contribution in [-0.4, -0.2) is 36.8 Å². The number of rotatable bonds is 7. The molecule has 5 rings (SSSR count). The van der Waals surface area contributed by atoms with E-state index >= 15 is 0 Å². The first-order chi connectivity index (χ1) is 16.8. The summed E-state index contributed by atoms with van der Waals surface area (Å²) in [5.74, 6) is 1.00. The van der Waals surface area contributed by atoms with Crippen LogP contribution in [0.3, 0.4) is 0 Å². The molecule has 1 aromatic carbocycles. The fraction of sp³-hybridized carbons (Fsp3) is 0.240. The van der Waals surface area contributed by atoms with E-state index < -0.39 is 18.5 Å². The summed E-state index contributed by atoms with van der Waals surface area (Å²) < 4.78 is 39.7. The lowest BCUT2D eigenvalue weighted by Crippen LogP contribution is -2.14. The zero-order valence-electron chi connectivity index (χ0n) is 18.5. The van der Waals surface area contributed by atoms with Crippen LogP contribution in [0.25, 0.3) is 22.5 Å². The summed E-state index contributed by atoms with van der Waals surface area (Å²) in [4.78, 5) is 20.9. The molecule has 3 aromatic heterocycles. The molecular weight excluding hydrogens is 457 g/mol. The van der Waals surface area contributed by atoms with Gasteiger partial charge in [-0.1, -0.05) is 18.2 Å². The molecule has 178 valence electrons. The van der Waals surface area contributed by atoms with Crippen LogP contribution in [0.5, 0.6) is 0 Å². The van der Waals surface area contributed by atoms with Gasteiger partial charge in [-0.05, 0) is 54.7 Å². The molecule has 0 atom stereocenters. The minimum Gasteiger partial charge on any atom is -0.321 e. The molecule has 1 aliphatic rings. The van der Waals surface area contributed by atoms with E-state index in [2.05, 4.69) is 25.5 Å². The highest BCUT2D eigenvalue weighted by molar-refractivity contribution is 6.03. The number of nitrogens with zero attached hydrogens (tertiary/aromatic N) is 5. The average Bonchev–Trinajstić information content (AvgIpc) is 3.53. The van der Waals surface area contributed by atoms with Crippen molar-refractivity contribution in [2.75, 3.05) is 5.32 Å². The second-order valence-corrected chi connectivity index (χ2v) is 8.55. The summed E-state index contributed by atoms with van der Waals surface area (Å²) in [6, 6.07) is 13.5. The van der Waals surface area contributed by atoms with Crippen LogP contribution in [0, 0.1) is 5.92 Å². The van der Waals surface area contributed by atoms with E-state index in [9.17, 15) is 18.0 Å². The topological polar surface area (TPSA) is 85.6 Å². The maximum absolute atomic E-state index is 12.9. The number of carbonyl (C=O) groups is 1. The van der Waals surface area contributed by atoms with Gasteiger partial charge in [-0.25, -0.2) is 0 Å². The summed E-state index contributed by atoms with van der Waals surface area (Å²) in [5, 5.41) is 11.1. The van der Waals surface area contributed by atoms with Crippen molar-refractivity contribution in [2.24, 2.45) is 5.92 Å². The maximum Gasteiger partial charge on any atom is 0.394 e. The average molecular weight is 478 g/mol. The molecule has 10 heteroatoms. The molecule has 4 aromatic rings. The molecule has 1 aliphatic carbocycles. The van der Waals surface area contributed by atoms with Crippen molar-refractivity contribution in [3.05, 3.63) is 78.6 Å². The number of anilines is 1. The first-order valence-electron chi connectivity index (χ1n) is 11.1. The standard InChI is InChI=1S/C25H21F3N6O/c26-25(27,28)12-21-7-6-19(13-30-21)17-8-9-29-22(11-17)24(35)32-20-3-1-2-18(10-20)23-33-31-15-34(23)14-16-4-5-16/h1-3,6-11,13,15-16H,4-5,12,14H2,(H,32,35). The second-order valence-electron chi connectivity index (χ2n) is 8.55. The molecule has 0 unspecified atom stereocenters. The number of hydrogen-bond donors (Lipinski definition) is 1. The second kappa shape index (κ2) is 9.28. The fourth-order valence-electron chi connectivity index (χ4n) is 3.76. The molecular formula is C25H21F3N6O. The van der Waals surface area contributed by atoms with E-state index in [-0.39, 0.29) is 11.4 Å². The Balaban J connectivity index is 1.31. The third kappa shape index (κ3) is 5.71. The number of carbonyl (C=O) groups excluding carboxylic acids is 1. The molecule has 1 N–H and O–H groups in total. The lowest BCUT2D eigenvalue weighted by Gasteiger charge is -2.10. The Hall–Kier alpha value is -4.08. The van der Waals surface area contributed by atoms with Gasteiger partial charge < -0.3 is 9.88 Å². The monoisotopic (exact) mass is 478 g/mol. The molecule has 0 spiro atoms. The largest absolute Gasteiger partial charge is 0.394 e. The third-order valence-corrected chi connectivity index (χ3v) is 5.68. The third-order valence-electron chi connectivity index (χ3n) is 5.68. The Morgan fingerprint density at radius 1 is 1.03 bits per heavy atom. The van der Waals surface area contributed by atoms with Crippen LogP contribution >= 0.6 is 0 Å². The number of nitrogens with one attached hydrogen (secondary N) is 1. The van der Waals surface area contributed by atoms with Gasteiger partial charge in [0.1, 0.15) is 12.0 Å². The van der Waals surface area contributed by atoms with E-state index in [0.717, 1.165) is 17.9 Å².